The number of nitrogens with two attached hydrogens (primary N) is 1. The highest BCUT2D eigenvalue weighted by atomic mass is 79.9. The Balaban J connectivity index is 2.01. The molecule has 2 rings (SSSR count). The number of hydrogen-bond donors (Lipinski definition) is 1. The van der Waals surface area contributed by atoms with Crippen LogP contribution in [0.25, 0.3) is 0 Å². The highest BCUT2D eigenvalue weighted by Gasteiger charge is 2.09. The summed E-state index contributed by atoms with van der Waals surface area (Å²) in [5, 5.41) is 0. The molecule has 0 saturated heterocycles. The van der Waals surface area contributed by atoms with Crippen molar-refractivity contribution < 1.29 is 0 Å². The quantitative estimate of drug-likeness (QED) is 0.943. The third-order valence-corrected chi connectivity index (χ3v) is 4.10. The topological polar surface area (TPSA) is 43.8 Å². The zero-order valence-electron chi connectivity index (χ0n) is 10.7. The lowest BCUT2D eigenvalue weighted by molar-refractivity contribution is 0.620. The van der Waals surface area contributed by atoms with Gasteiger partial charge in [-0.05, 0) is 30.5 Å². The zero-order valence-corrected chi connectivity index (χ0v) is 12.3. The highest BCUT2D eigenvalue weighted by molar-refractivity contribution is 9.10. The predicted octanol–water partition coefficient (Wildman–Crippen LogP) is 3.12. The van der Waals surface area contributed by atoms with Crippen molar-refractivity contribution in [1.82, 2.24) is 9.55 Å². The normalized spacial score (nSPS) is 12.7. The minimum atomic E-state index is 0.0634. The summed E-state index contributed by atoms with van der Waals surface area (Å²) >= 11 is 3.50. The maximum absolute atomic E-state index is 6.23. The molecule has 0 aliphatic carbocycles. The van der Waals surface area contributed by atoms with Crippen molar-refractivity contribution in [3.8, 4) is 0 Å². The van der Waals surface area contributed by atoms with Gasteiger partial charge in [-0.25, -0.2) is 4.98 Å². The van der Waals surface area contributed by atoms with Crippen molar-refractivity contribution in [1.29, 1.82) is 0 Å². The van der Waals surface area contributed by atoms with Gasteiger partial charge in [-0.15, -0.1) is 0 Å². The van der Waals surface area contributed by atoms with Gasteiger partial charge in [0.2, 0.25) is 0 Å². The Labute approximate surface area is 116 Å². The Morgan fingerprint density at radius 1 is 1.44 bits per heavy atom. The number of aryl methyl sites for hydroxylation is 3. The van der Waals surface area contributed by atoms with Gasteiger partial charge in [-0.1, -0.05) is 28.1 Å². The molecule has 1 heterocycles. The number of aromatic nitrogens is 2. The van der Waals surface area contributed by atoms with E-state index in [2.05, 4.69) is 46.0 Å². The van der Waals surface area contributed by atoms with E-state index in [0.29, 0.717) is 0 Å². The molecule has 2 aromatic rings. The van der Waals surface area contributed by atoms with Crippen LogP contribution in [0.3, 0.4) is 0 Å². The standard InChI is InChI=1S/C14H18BrN3/c1-10-9-11(3-4-12(10)15)13(16)5-6-14-17-7-8-18(14)2/h3-4,7-9,13H,5-6,16H2,1-2H3. The maximum Gasteiger partial charge on any atom is 0.108 e. The van der Waals surface area contributed by atoms with Crippen LogP contribution in [-0.4, -0.2) is 9.55 Å². The SMILES string of the molecule is Cc1cc(C(N)CCc2nccn2C)ccc1Br. The summed E-state index contributed by atoms with van der Waals surface area (Å²) in [5.41, 5.74) is 8.64. The third-order valence-electron chi connectivity index (χ3n) is 3.21. The predicted molar refractivity (Wildman–Crippen MR) is 77.3 cm³/mol. The molecule has 1 atom stereocenters. The van der Waals surface area contributed by atoms with E-state index in [1.807, 2.05) is 24.0 Å². The molecular weight excluding hydrogens is 290 g/mol. The second-order valence-corrected chi connectivity index (χ2v) is 5.46. The molecule has 0 bridgehead atoms. The van der Waals surface area contributed by atoms with E-state index < -0.39 is 0 Å². The molecule has 0 spiro atoms. The Morgan fingerprint density at radius 3 is 2.83 bits per heavy atom. The van der Waals surface area contributed by atoms with E-state index in [0.717, 1.165) is 23.1 Å². The summed E-state index contributed by atoms with van der Waals surface area (Å²) in [6, 6.07) is 6.35. The molecule has 2 N–H and O–H groups in total. The van der Waals surface area contributed by atoms with Gasteiger partial charge in [0.05, 0.1) is 0 Å². The Bertz CT molecular complexity index is 534. The number of nitrogens with zero attached hydrogens (tertiary/aromatic N) is 2. The zero-order chi connectivity index (χ0) is 13.1. The van der Waals surface area contributed by atoms with Crippen molar-refractivity contribution >= 4 is 15.9 Å². The second kappa shape index (κ2) is 5.67. The fourth-order valence-electron chi connectivity index (χ4n) is 1.99. The summed E-state index contributed by atoms with van der Waals surface area (Å²) in [6.07, 6.45) is 5.60. The summed E-state index contributed by atoms with van der Waals surface area (Å²) < 4.78 is 3.17. The van der Waals surface area contributed by atoms with Crippen LogP contribution in [0.2, 0.25) is 0 Å². The second-order valence-electron chi connectivity index (χ2n) is 4.61. The Kier molecular flexibility index (Phi) is 4.19. The molecular formula is C14H18BrN3. The highest BCUT2D eigenvalue weighted by Crippen LogP contribution is 2.22. The first kappa shape index (κ1) is 13.3. The van der Waals surface area contributed by atoms with Crippen LogP contribution < -0.4 is 5.73 Å². The van der Waals surface area contributed by atoms with Crippen molar-refractivity contribution in [3.63, 3.8) is 0 Å². The lowest BCUT2D eigenvalue weighted by Gasteiger charge is -2.13. The van der Waals surface area contributed by atoms with Crippen LogP contribution in [0.1, 0.15) is 29.4 Å². The minimum absolute atomic E-state index is 0.0634. The molecule has 0 aliphatic heterocycles. The van der Waals surface area contributed by atoms with E-state index in [9.17, 15) is 0 Å². The van der Waals surface area contributed by atoms with Gasteiger partial charge in [-0.2, -0.15) is 0 Å². The van der Waals surface area contributed by atoms with Gasteiger partial charge in [0, 0.05) is 36.4 Å². The van der Waals surface area contributed by atoms with Crippen LogP contribution in [0.5, 0.6) is 0 Å². The van der Waals surface area contributed by atoms with Crippen molar-refractivity contribution in [2.75, 3.05) is 0 Å². The van der Waals surface area contributed by atoms with Crippen LogP contribution in [0.15, 0.2) is 35.1 Å². The number of benzene rings is 1. The van der Waals surface area contributed by atoms with E-state index in [-0.39, 0.29) is 6.04 Å². The molecule has 0 radical (unpaired) electrons. The summed E-state index contributed by atoms with van der Waals surface area (Å²) in [7, 11) is 2.01. The lowest BCUT2D eigenvalue weighted by Crippen LogP contribution is -2.12. The van der Waals surface area contributed by atoms with Crippen LogP contribution in [-0.2, 0) is 13.5 Å². The Morgan fingerprint density at radius 2 is 2.22 bits per heavy atom. The monoisotopic (exact) mass is 307 g/mol. The smallest absolute Gasteiger partial charge is 0.108 e. The minimum Gasteiger partial charge on any atom is -0.338 e. The van der Waals surface area contributed by atoms with E-state index in [1.165, 1.54) is 11.1 Å². The average Bonchev–Trinajstić information content (AvgIpc) is 2.75. The third kappa shape index (κ3) is 3.00. The molecule has 4 heteroatoms. The molecule has 0 fully saturated rings. The van der Waals surface area contributed by atoms with E-state index >= 15 is 0 Å². The van der Waals surface area contributed by atoms with Gasteiger partial charge < -0.3 is 10.3 Å². The first-order valence-electron chi connectivity index (χ1n) is 6.05. The number of imidazole rings is 1. The fourth-order valence-corrected chi connectivity index (χ4v) is 2.23. The van der Waals surface area contributed by atoms with Gasteiger partial charge in [0.1, 0.15) is 5.82 Å². The molecule has 0 amide bonds. The Hall–Kier alpha value is -1.13. The number of rotatable bonds is 4. The first-order chi connectivity index (χ1) is 8.58. The van der Waals surface area contributed by atoms with Crippen LogP contribution in [0.4, 0.5) is 0 Å². The fraction of sp³-hybridized carbons (Fsp3) is 0.357. The van der Waals surface area contributed by atoms with Gasteiger partial charge in [-0.3, -0.25) is 0 Å². The summed E-state index contributed by atoms with van der Waals surface area (Å²) in [4.78, 5) is 4.31. The average molecular weight is 308 g/mol. The summed E-state index contributed by atoms with van der Waals surface area (Å²) in [6.45, 7) is 2.08. The van der Waals surface area contributed by atoms with Gasteiger partial charge >= 0.3 is 0 Å². The van der Waals surface area contributed by atoms with E-state index in [1.54, 1.807) is 0 Å². The first-order valence-corrected chi connectivity index (χ1v) is 6.85. The van der Waals surface area contributed by atoms with Crippen molar-refractivity contribution in [2.24, 2.45) is 12.8 Å². The van der Waals surface area contributed by atoms with Gasteiger partial charge in [0.15, 0.2) is 0 Å². The number of halogens is 1. The van der Waals surface area contributed by atoms with Crippen LogP contribution >= 0.6 is 15.9 Å². The molecule has 1 aromatic heterocycles. The molecule has 1 unspecified atom stereocenters. The van der Waals surface area contributed by atoms with Crippen molar-refractivity contribution in [2.45, 2.75) is 25.8 Å². The molecule has 3 nitrogen and oxygen atoms in total. The summed E-state index contributed by atoms with van der Waals surface area (Å²) in [5.74, 6) is 1.08. The molecule has 18 heavy (non-hydrogen) atoms. The lowest BCUT2D eigenvalue weighted by atomic mass is 10.0. The van der Waals surface area contributed by atoms with Crippen molar-refractivity contribution in [3.05, 3.63) is 52.0 Å². The van der Waals surface area contributed by atoms with Gasteiger partial charge in [0.25, 0.3) is 0 Å². The number of hydrogen-bond acceptors (Lipinski definition) is 2. The maximum atomic E-state index is 6.23. The molecule has 0 saturated carbocycles. The molecule has 0 aliphatic rings. The van der Waals surface area contributed by atoms with Crippen LogP contribution in [0, 0.1) is 6.92 Å². The molecule has 1 aromatic carbocycles. The van der Waals surface area contributed by atoms with E-state index in [4.69, 9.17) is 5.73 Å². The largest absolute Gasteiger partial charge is 0.338 e. The molecule has 96 valence electrons.